The number of benzene rings is 2. The number of alkyl halides is 1. The van der Waals surface area contributed by atoms with E-state index >= 15 is 0 Å². The van der Waals surface area contributed by atoms with Gasteiger partial charge >= 0.3 is 0 Å². The molecule has 112 valence electrons. The van der Waals surface area contributed by atoms with Gasteiger partial charge in [-0.1, -0.05) is 35.9 Å². The van der Waals surface area contributed by atoms with Gasteiger partial charge in [0.2, 0.25) is 0 Å². The Morgan fingerprint density at radius 2 is 1.71 bits per heavy atom. The molecule has 2 nitrogen and oxygen atoms in total. The molecule has 0 aliphatic rings. The van der Waals surface area contributed by atoms with Gasteiger partial charge < -0.3 is 10.1 Å². The zero-order valence-corrected chi connectivity index (χ0v) is 13.5. The third-order valence-electron chi connectivity index (χ3n) is 3.36. The highest BCUT2D eigenvalue weighted by molar-refractivity contribution is 6.30. The first kappa shape index (κ1) is 16.2. The van der Waals surface area contributed by atoms with Crippen molar-refractivity contribution < 1.29 is 4.74 Å². The van der Waals surface area contributed by atoms with Gasteiger partial charge in [-0.25, -0.2) is 0 Å². The number of rotatable bonds is 7. The van der Waals surface area contributed by atoms with E-state index in [1.807, 2.05) is 24.3 Å². The number of ether oxygens (including phenoxy) is 1. The summed E-state index contributed by atoms with van der Waals surface area (Å²) < 4.78 is 5.21. The van der Waals surface area contributed by atoms with Gasteiger partial charge in [0.25, 0.3) is 0 Å². The summed E-state index contributed by atoms with van der Waals surface area (Å²) in [6.07, 6.45) is 0.889. The summed E-state index contributed by atoms with van der Waals surface area (Å²) in [5.41, 5.74) is 2.46. The van der Waals surface area contributed by atoms with Crippen molar-refractivity contribution in [2.75, 3.05) is 19.5 Å². The lowest BCUT2D eigenvalue weighted by Crippen LogP contribution is -2.25. The first-order chi connectivity index (χ1) is 10.2. The van der Waals surface area contributed by atoms with Crippen LogP contribution in [-0.2, 0) is 6.42 Å². The maximum atomic E-state index is 5.94. The topological polar surface area (TPSA) is 21.3 Å². The fraction of sp³-hybridized carbons (Fsp3) is 0.294. The van der Waals surface area contributed by atoms with Gasteiger partial charge in [-0.15, -0.1) is 11.6 Å². The Labute approximate surface area is 136 Å². The van der Waals surface area contributed by atoms with Gasteiger partial charge in [-0.2, -0.15) is 0 Å². The maximum Gasteiger partial charge on any atom is 0.118 e. The lowest BCUT2D eigenvalue weighted by atomic mass is 9.99. The number of methoxy groups -OCH3 is 1. The second-order valence-corrected chi connectivity index (χ2v) is 5.61. The van der Waals surface area contributed by atoms with Crippen LogP contribution in [-0.4, -0.2) is 19.5 Å². The fourth-order valence-corrected chi connectivity index (χ4v) is 2.46. The van der Waals surface area contributed by atoms with E-state index in [2.05, 4.69) is 29.6 Å². The Morgan fingerprint density at radius 3 is 2.29 bits per heavy atom. The molecule has 1 N–H and O–H groups in total. The van der Waals surface area contributed by atoms with Gasteiger partial charge in [-0.05, 0) is 41.8 Å². The molecule has 0 aliphatic heterocycles. The van der Waals surface area contributed by atoms with E-state index < -0.39 is 0 Å². The Kier molecular flexibility index (Phi) is 6.37. The monoisotopic (exact) mass is 323 g/mol. The molecular weight excluding hydrogens is 305 g/mol. The Balaban J connectivity index is 2.14. The third kappa shape index (κ3) is 4.92. The molecule has 2 aromatic rings. The molecule has 0 saturated heterocycles. The van der Waals surface area contributed by atoms with Crippen molar-refractivity contribution in [2.45, 2.75) is 12.5 Å². The van der Waals surface area contributed by atoms with Crippen molar-refractivity contribution >= 4 is 23.2 Å². The number of hydrogen-bond donors (Lipinski definition) is 1. The van der Waals surface area contributed by atoms with Crippen molar-refractivity contribution in [3.63, 3.8) is 0 Å². The molecule has 4 heteroatoms. The minimum atomic E-state index is 0.218. The molecule has 1 unspecified atom stereocenters. The normalized spacial score (nSPS) is 12.1. The van der Waals surface area contributed by atoms with Crippen LogP contribution in [0.15, 0.2) is 48.5 Å². The Hall–Kier alpha value is -1.22. The van der Waals surface area contributed by atoms with E-state index in [-0.39, 0.29) is 6.04 Å². The van der Waals surface area contributed by atoms with Crippen molar-refractivity contribution in [1.29, 1.82) is 0 Å². The van der Waals surface area contributed by atoms with Crippen LogP contribution in [0.5, 0.6) is 5.75 Å². The molecule has 0 fully saturated rings. The number of nitrogens with one attached hydrogen (secondary N) is 1. The third-order valence-corrected chi connectivity index (χ3v) is 3.80. The minimum Gasteiger partial charge on any atom is -0.497 e. The van der Waals surface area contributed by atoms with E-state index in [0.717, 1.165) is 23.7 Å². The van der Waals surface area contributed by atoms with E-state index in [4.69, 9.17) is 27.9 Å². The predicted molar refractivity (Wildman–Crippen MR) is 89.6 cm³/mol. The smallest absolute Gasteiger partial charge is 0.118 e. The predicted octanol–water partition coefficient (Wildman–Crippen LogP) is 4.46. The molecule has 2 rings (SSSR count). The molecule has 0 amide bonds. The zero-order valence-electron chi connectivity index (χ0n) is 12.0. The summed E-state index contributed by atoms with van der Waals surface area (Å²) in [6.45, 7) is 0.770. The summed E-state index contributed by atoms with van der Waals surface area (Å²) >= 11 is 11.7. The first-order valence-corrected chi connectivity index (χ1v) is 7.82. The van der Waals surface area contributed by atoms with E-state index in [9.17, 15) is 0 Å². The van der Waals surface area contributed by atoms with Crippen LogP contribution in [0.3, 0.4) is 0 Å². The van der Waals surface area contributed by atoms with Crippen LogP contribution in [0.2, 0.25) is 5.02 Å². The lowest BCUT2D eigenvalue weighted by Gasteiger charge is -2.19. The van der Waals surface area contributed by atoms with Crippen LogP contribution in [0.25, 0.3) is 0 Å². The molecule has 0 spiro atoms. The molecule has 21 heavy (non-hydrogen) atoms. The first-order valence-electron chi connectivity index (χ1n) is 6.90. The Bertz CT molecular complexity index is 540. The number of hydrogen-bond acceptors (Lipinski definition) is 2. The quantitative estimate of drug-likeness (QED) is 0.759. The van der Waals surface area contributed by atoms with Crippen LogP contribution in [0, 0.1) is 0 Å². The molecule has 1 atom stereocenters. The zero-order chi connectivity index (χ0) is 15.1. The van der Waals surface area contributed by atoms with E-state index in [1.165, 1.54) is 11.1 Å². The SMILES string of the molecule is COc1ccc(C(Cc2ccc(Cl)cc2)NCCCl)cc1. The summed E-state index contributed by atoms with van der Waals surface area (Å²) in [5, 5.41) is 4.24. The molecule has 0 aromatic heterocycles. The van der Waals surface area contributed by atoms with E-state index in [1.54, 1.807) is 7.11 Å². The second-order valence-electron chi connectivity index (χ2n) is 4.80. The lowest BCUT2D eigenvalue weighted by molar-refractivity contribution is 0.414. The highest BCUT2D eigenvalue weighted by Crippen LogP contribution is 2.22. The molecular formula is C17H19Cl2NO. The van der Waals surface area contributed by atoms with Crippen molar-refractivity contribution in [1.82, 2.24) is 5.32 Å². The van der Waals surface area contributed by atoms with Crippen LogP contribution in [0.4, 0.5) is 0 Å². The van der Waals surface area contributed by atoms with Gasteiger partial charge in [0.15, 0.2) is 0 Å². The van der Waals surface area contributed by atoms with Crippen molar-refractivity contribution in [3.05, 3.63) is 64.7 Å². The van der Waals surface area contributed by atoms with Gasteiger partial charge in [0, 0.05) is 23.5 Å². The summed E-state index contributed by atoms with van der Waals surface area (Å²) in [7, 11) is 1.67. The van der Waals surface area contributed by atoms with Crippen LogP contribution >= 0.6 is 23.2 Å². The largest absolute Gasteiger partial charge is 0.497 e. The molecule has 0 radical (unpaired) electrons. The average Bonchev–Trinajstić information content (AvgIpc) is 2.53. The summed E-state index contributed by atoms with van der Waals surface area (Å²) in [5.74, 6) is 1.45. The molecule has 2 aromatic carbocycles. The highest BCUT2D eigenvalue weighted by Gasteiger charge is 2.12. The molecule has 0 heterocycles. The standard InChI is InChI=1S/C17H19Cl2NO/c1-21-16-8-4-14(5-9-16)17(20-11-10-18)12-13-2-6-15(19)7-3-13/h2-9,17,20H,10-12H2,1H3. The summed E-state index contributed by atoms with van der Waals surface area (Å²) in [6, 6.07) is 16.3. The van der Waals surface area contributed by atoms with Crippen LogP contribution < -0.4 is 10.1 Å². The van der Waals surface area contributed by atoms with Gasteiger partial charge in [-0.3, -0.25) is 0 Å². The molecule has 0 saturated carbocycles. The van der Waals surface area contributed by atoms with Gasteiger partial charge in [0.1, 0.15) is 5.75 Å². The van der Waals surface area contributed by atoms with E-state index in [0.29, 0.717) is 5.88 Å². The summed E-state index contributed by atoms with van der Waals surface area (Å²) in [4.78, 5) is 0. The highest BCUT2D eigenvalue weighted by atomic mass is 35.5. The van der Waals surface area contributed by atoms with Crippen molar-refractivity contribution in [2.24, 2.45) is 0 Å². The fourth-order valence-electron chi connectivity index (χ4n) is 2.23. The Morgan fingerprint density at radius 1 is 1.05 bits per heavy atom. The minimum absolute atomic E-state index is 0.218. The maximum absolute atomic E-state index is 5.94. The van der Waals surface area contributed by atoms with Gasteiger partial charge in [0.05, 0.1) is 7.11 Å². The molecule has 0 bridgehead atoms. The van der Waals surface area contributed by atoms with Crippen LogP contribution in [0.1, 0.15) is 17.2 Å². The molecule has 0 aliphatic carbocycles. The second kappa shape index (κ2) is 8.28. The number of halogens is 2. The van der Waals surface area contributed by atoms with Crippen molar-refractivity contribution in [3.8, 4) is 5.75 Å². The average molecular weight is 324 g/mol.